The molecule has 0 saturated heterocycles. The molecule has 0 aliphatic carbocycles. The topological polar surface area (TPSA) is 117 Å². The lowest BCUT2D eigenvalue weighted by molar-refractivity contribution is -0.141. The van der Waals surface area contributed by atoms with Crippen LogP contribution in [0.4, 0.5) is 5.82 Å². The number of aliphatic hydroxyl groups excluding tert-OH is 2. The van der Waals surface area contributed by atoms with Gasteiger partial charge >= 0.3 is 5.97 Å². The minimum Gasteiger partial charge on any atom is -0.481 e. The molecule has 5 N–H and O–H groups in total. The Bertz CT molecular complexity index is 394. The Balaban J connectivity index is 2.87. The summed E-state index contributed by atoms with van der Waals surface area (Å²) in [5, 5.41) is 27.6. The largest absolute Gasteiger partial charge is 0.481 e. The van der Waals surface area contributed by atoms with Crippen LogP contribution in [0.3, 0.4) is 0 Å². The van der Waals surface area contributed by atoms with Crippen molar-refractivity contribution in [1.29, 1.82) is 0 Å². The molecule has 6 heteroatoms. The zero-order valence-electron chi connectivity index (χ0n) is 8.79. The highest BCUT2D eigenvalue weighted by molar-refractivity contribution is 5.67. The van der Waals surface area contributed by atoms with Crippen LogP contribution in [0.5, 0.6) is 0 Å². The molecule has 0 fully saturated rings. The van der Waals surface area contributed by atoms with E-state index in [1.54, 1.807) is 13.0 Å². The molecule has 0 bridgehead atoms. The maximum absolute atomic E-state index is 10.4. The summed E-state index contributed by atoms with van der Waals surface area (Å²) in [4.78, 5) is 14.2. The molecule has 0 aromatic carbocycles. The van der Waals surface area contributed by atoms with Gasteiger partial charge in [0.25, 0.3) is 0 Å². The Morgan fingerprint density at radius 2 is 2.19 bits per heavy atom. The highest BCUT2D eigenvalue weighted by Crippen LogP contribution is 2.22. The van der Waals surface area contributed by atoms with Crippen LogP contribution in [-0.4, -0.2) is 32.4 Å². The van der Waals surface area contributed by atoms with Crippen LogP contribution in [0.2, 0.25) is 0 Å². The monoisotopic (exact) mass is 226 g/mol. The number of hydrogen-bond donors (Lipinski definition) is 4. The number of carbonyl (C=O) groups is 1. The molecule has 1 heterocycles. The number of carboxylic acid groups (broad SMARTS) is 1. The first kappa shape index (κ1) is 12.4. The molecule has 0 amide bonds. The Hall–Kier alpha value is -1.66. The molecule has 1 aromatic heterocycles. The standard InChI is InChI=1S/C10H14N2O4/c1-5-2-8(11)12-4-6(5)10(16)7(13)3-9(14)15/h2,4,7,10,13,16H,3H2,1H3,(H2,11,12)(H,14,15). The van der Waals surface area contributed by atoms with Gasteiger partial charge in [-0.25, -0.2) is 4.98 Å². The third-order valence-electron chi connectivity index (χ3n) is 2.24. The van der Waals surface area contributed by atoms with E-state index in [0.717, 1.165) is 0 Å². The summed E-state index contributed by atoms with van der Waals surface area (Å²) >= 11 is 0. The number of nitrogens with zero attached hydrogens (tertiary/aromatic N) is 1. The van der Waals surface area contributed by atoms with Crippen molar-refractivity contribution in [2.24, 2.45) is 0 Å². The number of nitrogen functional groups attached to an aromatic ring is 1. The number of carboxylic acids is 1. The van der Waals surface area contributed by atoms with Crippen LogP contribution in [0, 0.1) is 6.92 Å². The number of hydrogen-bond acceptors (Lipinski definition) is 5. The van der Waals surface area contributed by atoms with Gasteiger partial charge in [-0.2, -0.15) is 0 Å². The van der Waals surface area contributed by atoms with Crippen LogP contribution in [-0.2, 0) is 4.79 Å². The van der Waals surface area contributed by atoms with Gasteiger partial charge in [0.05, 0.1) is 12.5 Å². The average Bonchev–Trinajstić information content (AvgIpc) is 2.15. The van der Waals surface area contributed by atoms with Crippen molar-refractivity contribution in [2.75, 3.05) is 5.73 Å². The van der Waals surface area contributed by atoms with Gasteiger partial charge in [0.2, 0.25) is 0 Å². The third kappa shape index (κ3) is 2.91. The molecule has 6 nitrogen and oxygen atoms in total. The second kappa shape index (κ2) is 4.91. The van der Waals surface area contributed by atoms with Crippen LogP contribution in [0.1, 0.15) is 23.7 Å². The van der Waals surface area contributed by atoms with E-state index in [4.69, 9.17) is 10.8 Å². The van der Waals surface area contributed by atoms with Crippen molar-refractivity contribution >= 4 is 11.8 Å². The summed E-state index contributed by atoms with van der Waals surface area (Å²) in [5.74, 6) is -0.867. The maximum atomic E-state index is 10.4. The summed E-state index contributed by atoms with van der Waals surface area (Å²) in [6.45, 7) is 1.70. The van der Waals surface area contributed by atoms with E-state index in [9.17, 15) is 15.0 Å². The lowest BCUT2D eigenvalue weighted by atomic mass is 10.00. The molecule has 1 aromatic rings. The summed E-state index contributed by atoms with van der Waals surface area (Å²) < 4.78 is 0. The first-order valence-electron chi connectivity index (χ1n) is 4.71. The van der Waals surface area contributed by atoms with Gasteiger partial charge in [-0.15, -0.1) is 0 Å². The number of aromatic nitrogens is 1. The molecule has 0 radical (unpaired) electrons. The molecular formula is C10H14N2O4. The lowest BCUT2D eigenvalue weighted by Crippen LogP contribution is -2.22. The molecule has 1 rings (SSSR count). The Labute approximate surface area is 92.4 Å². The van der Waals surface area contributed by atoms with Gasteiger partial charge < -0.3 is 21.1 Å². The summed E-state index contributed by atoms with van der Waals surface area (Å²) in [5.41, 5.74) is 6.47. The van der Waals surface area contributed by atoms with E-state index in [-0.39, 0.29) is 0 Å². The molecule has 88 valence electrons. The fourth-order valence-corrected chi connectivity index (χ4v) is 1.40. The van der Waals surface area contributed by atoms with Crippen LogP contribution in [0.15, 0.2) is 12.3 Å². The van der Waals surface area contributed by atoms with Crippen molar-refractivity contribution in [1.82, 2.24) is 4.98 Å². The first-order valence-corrected chi connectivity index (χ1v) is 4.71. The molecule has 2 unspecified atom stereocenters. The van der Waals surface area contributed by atoms with Crippen LogP contribution in [0.25, 0.3) is 0 Å². The smallest absolute Gasteiger partial charge is 0.306 e. The third-order valence-corrected chi connectivity index (χ3v) is 2.24. The minimum absolute atomic E-state index is 0.307. The summed E-state index contributed by atoms with van der Waals surface area (Å²) in [7, 11) is 0. The van der Waals surface area contributed by atoms with E-state index in [0.29, 0.717) is 16.9 Å². The second-order valence-corrected chi connectivity index (χ2v) is 3.58. The molecule has 2 atom stereocenters. The van der Waals surface area contributed by atoms with E-state index >= 15 is 0 Å². The SMILES string of the molecule is Cc1cc(N)ncc1C(O)C(O)CC(=O)O. The normalized spacial score (nSPS) is 14.4. The van der Waals surface area contributed by atoms with Gasteiger partial charge in [0.1, 0.15) is 11.9 Å². The average molecular weight is 226 g/mol. The predicted octanol–water partition coefficient (Wildman–Crippen LogP) is -0.159. The van der Waals surface area contributed by atoms with Gasteiger partial charge in [0.15, 0.2) is 0 Å². The van der Waals surface area contributed by atoms with E-state index < -0.39 is 24.6 Å². The molecular weight excluding hydrogens is 212 g/mol. The Morgan fingerprint density at radius 1 is 1.56 bits per heavy atom. The van der Waals surface area contributed by atoms with E-state index in [1.165, 1.54) is 6.20 Å². The van der Waals surface area contributed by atoms with Crippen molar-refractivity contribution < 1.29 is 20.1 Å². The van der Waals surface area contributed by atoms with E-state index in [2.05, 4.69) is 4.98 Å². The number of pyridine rings is 1. The molecule has 0 spiro atoms. The first-order chi connectivity index (χ1) is 7.41. The quantitative estimate of drug-likeness (QED) is 0.567. The fraction of sp³-hybridized carbons (Fsp3) is 0.400. The lowest BCUT2D eigenvalue weighted by Gasteiger charge is -2.18. The van der Waals surface area contributed by atoms with Crippen LogP contribution >= 0.6 is 0 Å². The predicted molar refractivity (Wildman–Crippen MR) is 56.6 cm³/mol. The Kier molecular flexibility index (Phi) is 3.81. The molecule has 0 aliphatic heterocycles. The summed E-state index contributed by atoms with van der Waals surface area (Å²) in [6.07, 6.45) is -1.82. The van der Waals surface area contributed by atoms with Gasteiger partial charge in [0, 0.05) is 11.8 Å². The fourth-order valence-electron chi connectivity index (χ4n) is 1.40. The highest BCUT2D eigenvalue weighted by atomic mass is 16.4. The molecule has 16 heavy (non-hydrogen) atoms. The van der Waals surface area contributed by atoms with Crippen molar-refractivity contribution in [3.8, 4) is 0 Å². The van der Waals surface area contributed by atoms with Crippen molar-refractivity contribution in [2.45, 2.75) is 25.6 Å². The minimum atomic E-state index is -1.36. The molecule has 0 saturated carbocycles. The Morgan fingerprint density at radius 3 is 2.69 bits per heavy atom. The maximum Gasteiger partial charge on any atom is 0.306 e. The van der Waals surface area contributed by atoms with Crippen molar-refractivity contribution in [3.63, 3.8) is 0 Å². The highest BCUT2D eigenvalue weighted by Gasteiger charge is 2.22. The molecule has 0 aliphatic rings. The van der Waals surface area contributed by atoms with Crippen LogP contribution < -0.4 is 5.73 Å². The van der Waals surface area contributed by atoms with Crippen molar-refractivity contribution in [3.05, 3.63) is 23.4 Å². The van der Waals surface area contributed by atoms with E-state index in [1.807, 2.05) is 0 Å². The second-order valence-electron chi connectivity index (χ2n) is 3.58. The number of rotatable bonds is 4. The van der Waals surface area contributed by atoms with Gasteiger partial charge in [-0.1, -0.05) is 0 Å². The van der Waals surface area contributed by atoms with Gasteiger partial charge in [-0.05, 0) is 18.6 Å². The number of anilines is 1. The number of aliphatic carboxylic acids is 1. The zero-order chi connectivity index (χ0) is 12.3. The summed E-state index contributed by atoms with van der Waals surface area (Å²) in [6, 6.07) is 1.55. The number of aryl methyl sites for hydroxylation is 1. The zero-order valence-corrected chi connectivity index (χ0v) is 8.79. The van der Waals surface area contributed by atoms with Gasteiger partial charge in [-0.3, -0.25) is 4.79 Å². The number of nitrogens with two attached hydrogens (primary N) is 1. The number of aliphatic hydroxyl groups is 2.